The highest BCUT2D eigenvalue weighted by Gasteiger charge is 1.97. The maximum Gasteiger partial charge on any atom is 0.213 e. The number of nitrogens with two attached hydrogens (primary N) is 1. The zero-order valence-corrected chi connectivity index (χ0v) is 8.68. The summed E-state index contributed by atoms with van der Waals surface area (Å²) in [6.45, 7) is 0.305. The number of rotatable bonds is 2. The van der Waals surface area contributed by atoms with E-state index in [2.05, 4.69) is 4.99 Å². The van der Waals surface area contributed by atoms with Crippen molar-refractivity contribution in [1.29, 1.82) is 0 Å². The summed E-state index contributed by atoms with van der Waals surface area (Å²) in [5, 5.41) is 9.44. The summed E-state index contributed by atoms with van der Waals surface area (Å²) in [4.78, 5) is 3.81. The van der Waals surface area contributed by atoms with E-state index in [0.717, 1.165) is 5.56 Å². The molecule has 0 amide bonds. The molecule has 6 heteroatoms. The third kappa shape index (κ3) is 3.41. The Bertz CT molecular complexity index is 334. The zero-order chi connectivity index (χ0) is 10.6. The van der Waals surface area contributed by atoms with Gasteiger partial charge in [0.25, 0.3) is 0 Å². The quantitative estimate of drug-likeness (QED) is 0.415. The van der Waals surface area contributed by atoms with Crippen LogP contribution in [0.1, 0.15) is 5.56 Å². The van der Waals surface area contributed by atoms with Crippen LogP contribution in [0.2, 0.25) is 10.0 Å². The summed E-state index contributed by atoms with van der Waals surface area (Å²) in [6.07, 6.45) is 0. The summed E-state index contributed by atoms with van der Waals surface area (Å²) in [5.41, 5.74) is 7.77. The van der Waals surface area contributed by atoms with Crippen LogP contribution in [0.5, 0.6) is 0 Å². The average molecular weight is 234 g/mol. The van der Waals surface area contributed by atoms with Gasteiger partial charge in [-0.25, -0.2) is 10.5 Å². The minimum Gasteiger partial charge on any atom is -0.368 e. The lowest BCUT2D eigenvalue weighted by Gasteiger charge is -2.00. The Morgan fingerprint density at radius 3 is 2.43 bits per heavy atom. The minimum atomic E-state index is -0.0545. The number of aliphatic imine (C=N–C) groups is 1. The Hall–Kier alpha value is -0.970. The van der Waals surface area contributed by atoms with E-state index < -0.39 is 0 Å². The molecule has 0 saturated heterocycles. The fourth-order valence-electron chi connectivity index (χ4n) is 0.914. The van der Waals surface area contributed by atoms with Gasteiger partial charge in [0.1, 0.15) is 0 Å². The van der Waals surface area contributed by atoms with E-state index in [4.69, 9.17) is 34.1 Å². The normalized spacial score (nSPS) is 11.5. The number of nitrogens with zero attached hydrogens (tertiary/aromatic N) is 1. The summed E-state index contributed by atoms with van der Waals surface area (Å²) >= 11 is 11.5. The molecule has 1 rings (SSSR count). The van der Waals surface area contributed by atoms with Crippen LogP contribution in [0.4, 0.5) is 0 Å². The van der Waals surface area contributed by atoms with E-state index in [9.17, 15) is 0 Å². The molecule has 4 nitrogen and oxygen atoms in total. The van der Waals surface area contributed by atoms with Gasteiger partial charge in [-0.2, -0.15) is 0 Å². The highest BCUT2D eigenvalue weighted by Crippen LogP contribution is 2.19. The molecule has 0 aromatic heterocycles. The molecule has 0 unspecified atom stereocenters. The Balaban J connectivity index is 2.77. The van der Waals surface area contributed by atoms with Crippen molar-refractivity contribution in [3.05, 3.63) is 33.8 Å². The van der Waals surface area contributed by atoms with Gasteiger partial charge in [-0.05, 0) is 23.8 Å². The maximum absolute atomic E-state index is 8.36. The van der Waals surface area contributed by atoms with Crippen LogP contribution in [-0.4, -0.2) is 11.2 Å². The molecule has 0 heterocycles. The smallest absolute Gasteiger partial charge is 0.213 e. The second-order valence-electron chi connectivity index (χ2n) is 2.59. The van der Waals surface area contributed by atoms with E-state index in [0.29, 0.717) is 16.6 Å². The lowest BCUT2D eigenvalue weighted by molar-refractivity contribution is 0.232. The van der Waals surface area contributed by atoms with Gasteiger partial charge in [0.15, 0.2) is 0 Å². The van der Waals surface area contributed by atoms with Crippen molar-refractivity contribution in [1.82, 2.24) is 5.48 Å². The van der Waals surface area contributed by atoms with Gasteiger partial charge in [-0.3, -0.25) is 5.21 Å². The van der Waals surface area contributed by atoms with Crippen LogP contribution >= 0.6 is 23.2 Å². The fraction of sp³-hybridized carbons (Fsp3) is 0.125. The standard InChI is InChI=1S/C8H9Cl2N3O/c9-6-1-5(2-7(10)3-6)4-12-8(11)13-14/h1-3,14H,4H2,(H3,11,12,13). The summed E-state index contributed by atoms with van der Waals surface area (Å²) in [5.74, 6) is -0.0545. The number of hydroxylamine groups is 1. The highest BCUT2D eigenvalue weighted by molar-refractivity contribution is 6.34. The van der Waals surface area contributed by atoms with E-state index in [1.54, 1.807) is 23.7 Å². The van der Waals surface area contributed by atoms with Crippen LogP contribution in [-0.2, 0) is 6.54 Å². The molecule has 14 heavy (non-hydrogen) atoms. The number of hydrogen-bond acceptors (Lipinski definition) is 2. The third-order valence-electron chi connectivity index (χ3n) is 1.47. The number of nitrogens with one attached hydrogen (secondary N) is 1. The van der Waals surface area contributed by atoms with Crippen molar-refractivity contribution in [3.63, 3.8) is 0 Å². The molecular formula is C8H9Cl2N3O. The van der Waals surface area contributed by atoms with Gasteiger partial charge >= 0.3 is 0 Å². The van der Waals surface area contributed by atoms with Crippen LogP contribution < -0.4 is 11.2 Å². The predicted octanol–water partition coefficient (Wildman–Crippen LogP) is 1.79. The van der Waals surface area contributed by atoms with Crippen molar-refractivity contribution in [2.45, 2.75) is 6.54 Å². The van der Waals surface area contributed by atoms with Gasteiger partial charge in [-0.15, -0.1) is 0 Å². The van der Waals surface area contributed by atoms with Crippen molar-refractivity contribution in [3.8, 4) is 0 Å². The van der Waals surface area contributed by atoms with E-state index in [1.165, 1.54) is 0 Å². The molecule has 0 spiro atoms. The molecule has 0 aliphatic heterocycles. The van der Waals surface area contributed by atoms with Crippen molar-refractivity contribution in [2.24, 2.45) is 10.7 Å². The largest absolute Gasteiger partial charge is 0.368 e. The topological polar surface area (TPSA) is 70.6 Å². The van der Waals surface area contributed by atoms with Crippen LogP contribution in [0.15, 0.2) is 23.2 Å². The molecule has 4 N–H and O–H groups in total. The van der Waals surface area contributed by atoms with Gasteiger partial charge in [0, 0.05) is 10.0 Å². The SMILES string of the molecule is NC(=NCc1cc(Cl)cc(Cl)c1)NO. The summed E-state index contributed by atoms with van der Waals surface area (Å²) in [7, 11) is 0. The van der Waals surface area contributed by atoms with Crippen molar-refractivity contribution < 1.29 is 5.21 Å². The number of hydrogen-bond donors (Lipinski definition) is 3. The minimum absolute atomic E-state index is 0.0545. The first-order chi connectivity index (χ1) is 6.61. The Kier molecular flexibility index (Phi) is 4.00. The van der Waals surface area contributed by atoms with Crippen LogP contribution in [0, 0.1) is 0 Å². The fourth-order valence-corrected chi connectivity index (χ4v) is 1.49. The molecule has 1 aromatic carbocycles. The lowest BCUT2D eigenvalue weighted by atomic mass is 10.2. The first-order valence-corrected chi connectivity index (χ1v) is 4.52. The Labute approximate surface area is 91.3 Å². The van der Waals surface area contributed by atoms with E-state index >= 15 is 0 Å². The molecule has 0 saturated carbocycles. The molecule has 0 fully saturated rings. The molecule has 76 valence electrons. The summed E-state index contributed by atoms with van der Waals surface area (Å²) in [6, 6.07) is 5.08. The predicted molar refractivity (Wildman–Crippen MR) is 56.7 cm³/mol. The molecule has 0 atom stereocenters. The third-order valence-corrected chi connectivity index (χ3v) is 1.91. The maximum atomic E-state index is 8.36. The number of guanidine groups is 1. The number of benzene rings is 1. The van der Waals surface area contributed by atoms with Gasteiger partial charge in [-0.1, -0.05) is 23.2 Å². The second-order valence-corrected chi connectivity index (χ2v) is 3.46. The first-order valence-electron chi connectivity index (χ1n) is 3.77. The molecule has 1 aromatic rings. The zero-order valence-electron chi connectivity index (χ0n) is 7.17. The molecule has 0 radical (unpaired) electrons. The molecular weight excluding hydrogens is 225 g/mol. The van der Waals surface area contributed by atoms with E-state index in [-0.39, 0.29) is 5.96 Å². The molecule has 0 aliphatic rings. The second kappa shape index (κ2) is 5.05. The average Bonchev–Trinajstić information content (AvgIpc) is 2.12. The van der Waals surface area contributed by atoms with Gasteiger partial charge in [0.05, 0.1) is 6.54 Å². The first kappa shape index (κ1) is 11.1. The number of halogens is 2. The van der Waals surface area contributed by atoms with E-state index in [1.807, 2.05) is 0 Å². The van der Waals surface area contributed by atoms with Crippen molar-refractivity contribution >= 4 is 29.2 Å². The molecule has 0 aliphatic carbocycles. The van der Waals surface area contributed by atoms with Crippen molar-refractivity contribution in [2.75, 3.05) is 0 Å². The monoisotopic (exact) mass is 233 g/mol. The van der Waals surface area contributed by atoms with Crippen LogP contribution in [0.3, 0.4) is 0 Å². The summed E-state index contributed by atoms with van der Waals surface area (Å²) < 4.78 is 0. The lowest BCUT2D eigenvalue weighted by Crippen LogP contribution is -2.28. The molecule has 0 bridgehead atoms. The van der Waals surface area contributed by atoms with Crippen LogP contribution in [0.25, 0.3) is 0 Å². The highest BCUT2D eigenvalue weighted by atomic mass is 35.5. The van der Waals surface area contributed by atoms with Gasteiger partial charge < -0.3 is 5.73 Å². The Morgan fingerprint density at radius 1 is 1.36 bits per heavy atom. The Morgan fingerprint density at radius 2 is 1.93 bits per heavy atom. The van der Waals surface area contributed by atoms with Gasteiger partial charge in [0.2, 0.25) is 5.96 Å².